The number of carbonyl (C=O) groups excluding carboxylic acids is 2. The van der Waals surface area contributed by atoms with Crippen molar-refractivity contribution in [3.8, 4) is 0 Å². The van der Waals surface area contributed by atoms with Crippen molar-refractivity contribution in [2.45, 2.75) is 57.1 Å². The average molecular weight is 475 g/mol. The van der Waals surface area contributed by atoms with Crippen LogP contribution in [0.25, 0.3) is 0 Å². The zero-order valence-corrected chi connectivity index (χ0v) is 20.1. The molecule has 1 spiro atoms. The number of benzene rings is 1. The Kier molecular flexibility index (Phi) is 6.45. The molecule has 4 aliphatic rings. The molecule has 0 unspecified atom stereocenters. The minimum atomic E-state index is -0.408. The number of amides is 3. The number of piperidine rings is 1. The highest BCUT2D eigenvalue weighted by atomic mass is 35.5. The number of aliphatic hydroxyl groups is 1. The van der Waals surface area contributed by atoms with Crippen molar-refractivity contribution in [1.29, 1.82) is 0 Å². The van der Waals surface area contributed by atoms with E-state index in [0.717, 1.165) is 81.8 Å². The number of nitrogens with zero attached hydrogens (tertiary/aromatic N) is 4. The van der Waals surface area contributed by atoms with E-state index in [0.29, 0.717) is 19.6 Å². The van der Waals surface area contributed by atoms with Crippen LogP contribution in [0.15, 0.2) is 24.3 Å². The van der Waals surface area contributed by atoms with E-state index in [1.165, 1.54) is 0 Å². The average Bonchev–Trinajstić information content (AvgIpc) is 3.15. The number of rotatable bonds is 2. The smallest absolute Gasteiger partial charge is 0.320 e. The van der Waals surface area contributed by atoms with Gasteiger partial charge in [-0.3, -0.25) is 4.79 Å². The summed E-state index contributed by atoms with van der Waals surface area (Å²) < 4.78 is 0. The number of anilines is 1. The lowest BCUT2D eigenvalue weighted by Gasteiger charge is -2.43. The lowest BCUT2D eigenvalue weighted by Crippen LogP contribution is -2.57. The molecule has 1 N–H and O–H groups in total. The highest BCUT2D eigenvalue weighted by Gasteiger charge is 2.51. The van der Waals surface area contributed by atoms with Crippen LogP contribution in [0, 0.1) is 5.41 Å². The summed E-state index contributed by atoms with van der Waals surface area (Å²) in [6.45, 7) is 5.06. The van der Waals surface area contributed by atoms with Gasteiger partial charge in [-0.15, -0.1) is 0 Å². The minimum absolute atomic E-state index is 0.0804. The molecule has 1 saturated carbocycles. The Morgan fingerprint density at radius 2 is 1.61 bits per heavy atom. The van der Waals surface area contributed by atoms with Crippen LogP contribution in [-0.2, 0) is 4.79 Å². The van der Waals surface area contributed by atoms with E-state index in [4.69, 9.17) is 11.6 Å². The van der Waals surface area contributed by atoms with Gasteiger partial charge >= 0.3 is 6.03 Å². The van der Waals surface area contributed by atoms with Gasteiger partial charge in [0.15, 0.2) is 0 Å². The maximum Gasteiger partial charge on any atom is 0.320 e. The van der Waals surface area contributed by atoms with Gasteiger partial charge in [-0.2, -0.15) is 0 Å². The number of piperazine rings is 1. The molecule has 3 saturated heterocycles. The first-order valence-electron chi connectivity index (χ1n) is 12.5. The summed E-state index contributed by atoms with van der Waals surface area (Å²) in [6.07, 6.45) is 5.76. The van der Waals surface area contributed by atoms with Crippen LogP contribution in [0.1, 0.15) is 44.9 Å². The molecule has 7 nitrogen and oxygen atoms in total. The number of aliphatic hydroxyl groups excluding tert-OH is 1. The molecule has 0 radical (unpaired) electrons. The molecule has 3 aliphatic heterocycles. The van der Waals surface area contributed by atoms with Crippen molar-refractivity contribution in [1.82, 2.24) is 14.7 Å². The molecular formula is C25H35ClN4O3. The maximum atomic E-state index is 13.5. The number of likely N-dealkylation sites (tertiary alicyclic amines) is 2. The minimum Gasteiger partial charge on any atom is -0.393 e. The molecule has 4 fully saturated rings. The molecule has 5 rings (SSSR count). The van der Waals surface area contributed by atoms with Gasteiger partial charge in [0.05, 0.1) is 11.5 Å². The summed E-state index contributed by atoms with van der Waals surface area (Å²) in [5, 5.41) is 10.6. The SMILES string of the molecule is O=C(N1CCN(c2ccc(Cl)cc2)CC1)N1CCC[C@@]2(CCN([C@H]3CC[C@H](O)CC3)C2=O)C1. The Morgan fingerprint density at radius 3 is 2.30 bits per heavy atom. The van der Waals surface area contributed by atoms with Crippen LogP contribution >= 0.6 is 11.6 Å². The van der Waals surface area contributed by atoms with Gasteiger partial charge in [-0.25, -0.2) is 4.79 Å². The summed E-state index contributed by atoms with van der Waals surface area (Å²) in [5.74, 6) is 0.244. The van der Waals surface area contributed by atoms with E-state index >= 15 is 0 Å². The molecule has 1 aromatic rings. The quantitative estimate of drug-likeness (QED) is 0.714. The highest BCUT2D eigenvalue weighted by Crippen LogP contribution is 2.42. The normalized spacial score (nSPS) is 30.9. The number of urea groups is 1. The van der Waals surface area contributed by atoms with Crippen molar-refractivity contribution in [2.75, 3.05) is 50.7 Å². The van der Waals surface area contributed by atoms with Crippen LogP contribution in [0.4, 0.5) is 10.5 Å². The summed E-state index contributed by atoms with van der Waals surface area (Å²) in [7, 11) is 0. The third kappa shape index (κ3) is 4.54. The molecule has 1 aliphatic carbocycles. The lowest BCUT2D eigenvalue weighted by atomic mass is 9.78. The Hall–Kier alpha value is -1.99. The predicted molar refractivity (Wildman–Crippen MR) is 128 cm³/mol. The number of halogens is 1. The third-order valence-electron chi connectivity index (χ3n) is 8.24. The Morgan fingerprint density at radius 1 is 0.909 bits per heavy atom. The molecule has 33 heavy (non-hydrogen) atoms. The van der Waals surface area contributed by atoms with Crippen molar-refractivity contribution >= 4 is 29.2 Å². The molecule has 3 amide bonds. The highest BCUT2D eigenvalue weighted by molar-refractivity contribution is 6.30. The molecule has 1 atom stereocenters. The zero-order chi connectivity index (χ0) is 23.0. The molecule has 0 aromatic heterocycles. The molecule has 0 bridgehead atoms. The first-order valence-corrected chi connectivity index (χ1v) is 12.9. The third-order valence-corrected chi connectivity index (χ3v) is 8.49. The molecule has 3 heterocycles. The van der Waals surface area contributed by atoms with Gasteiger partial charge in [-0.1, -0.05) is 11.6 Å². The summed E-state index contributed by atoms with van der Waals surface area (Å²) >= 11 is 6.01. The van der Waals surface area contributed by atoms with E-state index < -0.39 is 5.41 Å². The molecule has 1 aromatic carbocycles. The summed E-state index contributed by atoms with van der Waals surface area (Å²) in [5.41, 5.74) is 0.727. The first-order chi connectivity index (χ1) is 15.9. The second-order valence-corrected chi connectivity index (χ2v) is 10.7. The van der Waals surface area contributed by atoms with Crippen LogP contribution in [0.5, 0.6) is 0 Å². The summed E-state index contributed by atoms with van der Waals surface area (Å²) in [4.78, 5) is 35.1. The number of hydrogen-bond donors (Lipinski definition) is 1. The fourth-order valence-corrected chi connectivity index (χ4v) is 6.37. The van der Waals surface area contributed by atoms with Crippen LogP contribution in [0.3, 0.4) is 0 Å². The van der Waals surface area contributed by atoms with Gasteiger partial charge in [0.1, 0.15) is 0 Å². The van der Waals surface area contributed by atoms with Gasteiger partial charge in [0.25, 0.3) is 0 Å². The van der Waals surface area contributed by atoms with Gasteiger partial charge in [0.2, 0.25) is 5.91 Å². The van der Waals surface area contributed by atoms with E-state index in [1.807, 2.05) is 34.1 Å². The zero-order valence-electron chi connectivity index (χ0n) is 19.3. The number of carbonyl (C=O) groups is 2. The molecular weight excluding hydrogens is 440 g/mol. The Labute approximate surface area is 201 Å². The van der Waals surface area contributed by atoms with Crippen molar-refractivity contribution in [3.63, 3.8) is 0 Å². The monoisotopic (exact) mass is 474 g/mol. The van der Waals surface area contributed by atoms with E-state index in [-0.39, 0.29) is 24.1 Å². The van der Waals surface area contributed by atoms with Crippen LogP contribution in [0.2, 0.25) is 5.02 Å². The van der Waals surface area contributed by atoms with E-state index in [9.17, 15) is 14.7 Å². The van der Waals surface area contributed by atoms with Crippen molar-refractivity contribution in [3.05, 3.63) is 29.3 Å². The van der Waals surface area contributed by atoms with E-state index in [1.54, 1.807) is 0 Å². The van der Waals surface area contributed by atoms with Gasteiger partial charge in [-0.05, 0) is 69.2 Å². The predicted octanol–water partition coefficient (Wildman–Crippen LogP) is 3.20. The Balaban J connectivity index is 1.18. The Bertz CT molecular complexity index is 865. The maximum absolute atomic E-state index is 13.5. The first kappa shape index (κ1) is 22.8. The number of hydrogen-bond acceptors (Lipinski definition) is 4. The largest absolute Gasteiger partial charge is 0.393 e. The molecule has 8 heteroatoms. The standard InChI is InChI=1S/C25H35ClN4O3/c26-19-2-4-20(5-3-19)27-14-16-28(17-15-27)24(33)29-12-1-10-25(18-29)11-13-30(23(25)32)21-6-8-22(31)9-7-21/h2-5,21-22,31H,1,6-18H2/t21-,22-,25-/m1/s1. The fraction of sp³-hybridized carbons (Fsp3) is 0.680. The van der Waals surface area contributed by atoms with Gasteiger partial charge in [0, 0.05) is 62.6 Å². The van der Waals surface area contributed by atoms with Crippen LogP contribution < -0.4 is 4.90 Å². The fourth-order valence-electron chi connectivity index (χ4n) is 6.25. The van der Waals surface area contributed by atoms with Crippen molar-refractivity contribution < 1.29 is 14.7 Å². The van der Waals surface area contributed by atoms with Gasteiger partial charge < -0.3 is 24.7 Å². The van der Waals surface area contributed by atoms with E-state index in [2.05, 4.69) is 9.80 Å². The second kappa shape index (κ2) is 9.34. The van der Waals surface area contributed by atoms with Crippen molar-refractivity contribution in [2.24, 2.45) is 5.41 Å². The topological polar surface area (TPSA) is 67.3 Å². The second-order valence-electron chi connectivity index (χ2n) is 10.2. The van der Waals surface area contributed by atoms with Crippen LogP contribution in [-0.4, -0.2) is 89.7 Å². The summed E-state index contributed by atoms with van der Waals surface area (Å²) in [6, 6.07) is 8.19. The lowest BCUT2D eigenvalue weighted by molar-refractivity contribution is -0.141. The molecule has 180 valence electrons.